The lowest BCUT2D eigenvalue weighted by Gasteiger charge is -2.21. The Morgan fingerprint density at radius 1 is 1.60 bits per heavy atom. The first-order valence-electron chi connectivity index (χ1n) is 6.00. The van der Waals surface area contributed by atoms with Crippen molar-refractivity contribution in [1.82, 2.24) is 4.90 Å². The molecule has 1 aromatic heterocycles. The Morgan fingerprint density at radius 3 is 2.80 bits per heavy atom. The Balaban J connectivity index is 2.77. The number of nitrogens with two attached hydrogens (primary N) is 1. The number of hydrogen-bond donors (Lipinski definition) is 2. The van der Waals surface area contributed by atoms with Crippen LogP contribution in [0.3, 0.4) is 0 Å². The molecule has 3 N–H and O–H groups in total. The molecule has 0 atom stereocenters. The Labute approximate surface area is 130 Å². The minimum Gasteiger partial charge on any atom is -0.409 e. The third-order valence-electron chi connectivity index (χ3n) is 2.69. The highest BCUT2D eigenvalue weighted by Crippen LogP contribution is 2.28. The van der Waals surface area contributed by atoms with Gasteiger partial charge in [-0.25, -0.2) is 0 Å². The lowest BCUT2D eigenvalue weighted by Crippen LogP contribution is -2.36. The number of oxime groups is 1. The van der Waals surface area contributed by atoms with Crippen LogP contribution in [-0.4, -0.2) is 48.7 Å². The molecule has 0 aliphatic rings. The molecule has 1 aromatic rings. The van der Waals surface area contributed by atoms with Crippen molar-refractivity contribution in [2.24, 2.45) is 10.9 Å². The SMILES string of the molecule is COCCN(CCC(N)=NO)C(=O)c1cc(C)c(Br)s1. The molecule has 1 rings (SSSR count). The molecular formula is C12H18BrN3O3S. The molecule has 0 saturated heterocycles. The largest absolute Gasteiger partial charge is 0.409 e. The number of aryl methyl sites for hydroxylation is 1. The predicted octanol–water partition coefficient (Wildman–Crippen LogP) is 2.04. The zero-order valence-electron chi connectivity index (χ0n) is 11.4. The number of amides is 1. The first-order chi connectivity index (χ1) is 9.49. The number of ether oxygens (including phenoxy) is 1. The van der Waals surface area contributed by atoms with Gasteiger partial charge >= 0.3 is 0 Å². The highest BCUT2D eigenvalue weighted by Gasteiger charge is 2.18. The second-order valence-electron chi connectivity index (χ2n) is 4.19. The van der Waals surface area contributed by atoms with Crippen LogP contribution < -0.4 is 5.73 Å². The number of rotatable bonds is 7. The van der Waals surface area contributed by atoms with Crippen molar-refractivity contribution in [2.75, 3.05) is 26.8 Å². The monoisotopic (exact) mass is 363 g/mol. The minimum absolute atomic E-state index is 0.0772. The van der Waals surface area contributed by atoms with Gasteiger partial charge < -0.3 is 20.6 Å². The van der Waals surface area contributed by atoms with Gasteiger partial charge in [-0.1, -0.05) is 5.16 Å². The number of carbonyl (C=O) groups is 1. The van der Waals surface area contributed by atoms with Crippen LogP contribution in [0, 0.1) is 6.92 Å². The Hall–Kier alpha value is -1.12. The summed E-state index contributed by atoms with van der Waals surface area (Å²) in [5.74, 6) is 0.0235. The Bertz CT molecular complexity index is 471. The van der Waals surface area contributed by atoms with E-state index in [0.717, 1.165) is 9.35 Å². The van der Waals surface area contributed by atoms with Crippen LogP contribution in [0.5, 0.6) is 0 Å². The predicted molar refractivity (Wildman–Crippen MR) is 82.6 cm³/mol. The van der Waals surface area contributed by atoms with Gasteiger partial charge in [0, 0.05) is 26.6 Å². The van der Waals surface area contributed by atoms with Gasteiger partial charge in [-0.05, 0) is 34.5 Å². The molecule has 0 aromatic carbocycles. The fraction of sp³-hybridized carbons (Fsp3) is 0.500. The van der Waals surface area contributed by atoms with E-state index in [1.54, 1.807) is 12.0 Å². The molecule has 0 unspecified atom stereocenters. The van der Waals surface area contributed by atoms with Gasteiger partial charge in [-0.2, -0.15) is 0 Å². The van der Waals surface area contributed by atoms with Gasteiger partial charge in [-0.15, -0.1) is 11.3 Å². The van der Waals surface area contributed by atoms with Gasteiger partial charge in [0.1, 0.15) is 5.84 Å². The molecule has 0 saturated carbocycles. The van der Waals surface area contributed by atoms with Crippen molar-refractivity contribution in [3.05, 3.63) is 20.3 Å². The summed E-state index contributed by atoms with van der Waals surface area (Å²) in [5.41, 5.74) is 6.47. The van der Waals surface area contributed by atoms with E-state index in [4.69, 9.17) is 15.7 Å². The molecule has 20 heavy (non-hydrogen) atoms. The smallest absolute Gasteiger partial charge is 0.264 e. The van der Waals surface area contributed by atoms with E-state index in [1.165, 1.54) is 11.3 Å². The molecule has 1 heterocycles. The molecule has 6 nitrogen and oxygen atoms in total. The van der Waals surface area contributed by atoms with E-state index < -0.39 is 0 Å². The summed E-state index contributed by atoms with van der Waals surface area (Å²) in [6, 6.07) is 1.85. The van der Waals surface area contributed by atoms with Crippen LogP contribution in [0.4, 0.5) is 0 Å². The van der Waals surface area contributed by atoms with Crippen LogP contribution in [0.15, 0.2) is 15.0 Å². The van der Waals surface area contributed by atoms with Gasteiger partial charge in [0.05, 0.1) is 15.3 Å². The Morgan fingerprint density at radius 2 is 2.30 bits per heavy atom. The molecule has 1 amide bonds. The van der Waals surface area contributed by atoms with Gasteiger partial charge in [0.25, 0.3) is 5.91 Å². The van der Waals surface area contributed by atoms with Crippen molar-refractivity contribution >= 4 is 39.0 Å². The molecule has 0 spiro atoms. The number of carbonyl (C=O) groups excluding carboxylic acids is 1. The van der Waals surface area contributed by atoms with Gasteiger partial charge in [0.2, 0.25) is 0 Å². The zero-order valence-corrected chi connectivity index (χ0v) is 13.8. The maximum atomic E-state index is 12.4. The second-order valence-corrected chi connectivity index (χ2v) is 6.56. The number of thiophene rings is 1. The summed E-state index contributed by atoms with van der Waals surface area (Å²) in [6.07, 6.45) is 0.317. The van der Waals surface area contributed by atoms with Crippen molar-refractivity contribution in [1.29, 1.82) is 0 Å². The van der Waals surface area contributed by atoms with Crippen LogP contribution >= 0.6 is 27.3 Å². The summed E-state index contributed by atoms with van der Waals surface area (Å²) >= 11 is 4.81. The van der Waals surface area contributed by atoms with Gasteiger partial charge in [-0.3, -0.25) is 4.79 Å². The average Bonchev–Trinajstić information content (AvgIpc) is 2.77. The maximum Gasteiger partial charge on any atom is 0.264 e. The number of methoxy groups -OCH3 is 1. The van der Waals surface area contributed by atoms with E-state index in [2.05, 4.69) is 21.1 Å². The van der Waals surface area contributed by atoms with E-state index in [1.807, 2.05) is 13.0 Å². The van der Waals surface area contributed by atoms with Crippen molar-refractivity contribution in [3.63, 3.8) is 0 Å². The number of halogens is 1. The van der Waals surface area contributed by atoms with Crippen LogP contribution in [0.1, 0.15) is 21.7 Å². The lowest BCUT2D eigenvalue weighted by molar-refractivity contribution is 0.0705. The van der Waals surface area contributed by atoms with E-state index in [0.29, 0.717) is 31.0 Å². The van der Waals surface area contributed by atoms with Crippen molar-refractivity contribution in [3.8, 4) is 0 Å². The number of nitrogens with zero attached hydrogens (tertiary/aromatic N) is 2. The molecule has 8 heteroatoms. The van der Waals surface area contributed by atoms with Crippen LogP contribution in [0.25, 0.3) is 0 Å². The average molecular weight is 364 g/mol. The fourth-order valence-corrected chi connectivity index (χ4v) is 3.04. The lowest BCUT2D eigenvalue weighted by atomic mass is 10.3. The molecule has 112 valence electrons. The highest BCUT2D eigenvalue weighted by atomic mass is 79.9. The molecular weight excluding hydrogens is 346 g/mol. The summed E-state index contributed by atoms with van der Waals surface area (Å²) in [4.78, 5) is 14.7. The Kier molecular flexibility index (Phi) is 6.97. The topological polar surface area (TPSA) is 88.2 Å². The van der Waals surface area contributed by atoms with Crippen molar-refractivity contribution < 1.29 is 14.7 Å². The summed E-state index contributed by atoms with van der Waals surface area (Å²) < 4.78 is 5.96. The first kappa shape index (κ1) is 16.9. The van der Waals surface area contributed by atoms with E-state index >= 15 is 0 Å². The van der Waals surface area contributed by atoms with E-state index in [9.17, 15) is 4.79 Å². The fourth-order valence-electron chi connectivity index (χ4n) is 1.54. The standard InChI is InChI=1S/C12H18BrN3O3S/c1-8-7-9(20-11(8)13)12(17)16(5-6-19-2)4-3-10(14)15-18/h7,18H,3-6H2,1-2H3,(H2,14,15). The summed E-state index contributed by atoms with van der Waals surface area (Å²) in [6.45, 7) is 3.22. The van der Waals surface area contributed by atoms with Crippen LogP contribution in [-0.2, 0) is 4.74 Å². The quantitative estimate of drug-likeness (QED) is 0.335. The minimum atomic E-state index is -0.0772. The molecule has 0 aliphatic carbocycles. The summed E-state index contributed by atoms with van der Waals surface area (Å²) in [7, 11) is 1.58. The van der Waals surface area contributed by atoms with Crippen LogP contribution in [0.2, 0.25) is 0 Å². The normalized spacial score (nSPS) is 11.7. The van der Waals surface area contributed by atoms with Gasteiger partial charge in [0.15, 0.2) is 0 Å². The third kappa shape index (κ3) is 4.77. The van der Waals surface area contributed by atoms with Crippen molar-refractivity contribution in [2.45, 2.75) is 13.3 Å². The first-order valence-corrected chi connectivity index (χ1v) is 7.61. The molecule has 0 radical (unpaired) electrons. The third-order valence-corrected chi connectivity index (χ3v) is 4.81. The van der Waals surface area contributed by atoms with E-state index in [-0.39, 0.29) is 11.7 Å². The number of amidine groups is 1. The summed E-state index contributed by atoms with van der Waals surface area (Å²) in [5, 5.41) is 11.5. The second kappa shape index (κ2) is 8.23. The maximum absolute atomic E-state index is 12.4. The highest BCUT2D eigenvalue weighted by molar-refractivity contribution is 9.11. The zero-order chi connectivity index (χ0) is 15.1. The molecule has 0 fully saturated rings. The molecule has 0 bridgehead atoms. The number of hydrogen-bond acceptors (Lipinski definition) is 5. The molecule has 0 aliphatic heterocycles.